The van der Waals surface area contributed by atoms with Crippen molar-refractivity contribution in [2.24, 2.45) is 0 Å². The van der Waals surface area contributed by atoms with Crippen molar-refractivity contribution in [3.8, 4) is 5.75 Å². The van der Waals surface area contributed by atoms with Crippen LogP contribution in [-0.2, 0) is 6.54 Å². The van der Waals surface area contributed by atoms with Gasteiger partial charge in [-0.05, 0) is 24.1 Å². The number of aromatic hydroxyl groups is 1. The molecule has 0 saturated heterocycles. The van der Waals surface area contributed by atoms with Crippen molar-refractivity contribution < 1.29 is 15.3 Å². The molecule has 0 aliphatic rings. The Morgan fingerprint density at radius 3 is 2.50 bits per heavy atom. The Kier molecular flexibility index (Phi) is 5.85. The van der Waals surface area contributed by atoms with Crippen molar-refractivity contribution in [1.29, 1.82) is 0 Å². The minimum Gasteiger partial charge on any atom is -0.508 e. The molecule has 0 radical (unpaired) electrons. The number of aliphatic hydroxyl groups is 2. The van der Waals surface area contributed by atoms with Gasteiger partial charge in [0, 0.05) is 26.2 Å². The minimum atomic E-state index is 0.101. The predicted molar refractivity (Wildman–Crippen MR) is 62.2 cm³/mol. The molecule has 0 aromatic heterocycles. The fourth-order valence-electron chi connectivity index (χ4n) is 1.62. The van der Waals surface area contributed by atoms with Crippen molar-refractivity contribution in [2.45, 2.75) is 13.0 Å². The standard InChI is InChI=1S/C12H19NO3/c14-7-2-5-13(6-8-15)10-11-3-1-4-12(16)9-11/h1,3-4,9,14-16H,2,5-8,10H2. The quantitative estimate of drug-likeness (QED) is 0.635. The van der Waals surface area contributed by atoms with Gasteiger partial charge in [0.1, 0.15) is 5.75 Å². The lowest BCUT2D eigenvalue weighted by Crippen LogP contribution is -2.28. The van der Waals surface area contributed by atoms with Crippen molar-refractivity contribution >= 4 is 0 Å². The van der Waals surface area contributed by atoms with Crippen LogP contribution in [0.2, 0.25) is 0 Å². The van der Waals surface area contributed by atoms with E-state index in [9.17, 15) is 5.11 Å². The van der Waals surface area contributed by atoms with Crippen molar-refractivity contribution in [1.82, 2.24) is 4.90 Å². The summed E-state index contributed by atoms with van der Waals surface area (Å²) in [7, 11) is 0. The number of phenols is 1. The van der Waals surface area contributed by atoms with Gasteiger partial charge < -0.3 is 15.3 Å². The Morgan fingerprint density at radius 2 is 1.88 bits per heavy atom. The van der Waals surface area contributed by atoms with Crippen LogP contribution in [0, 0.1) is 0 Å². The summed E-state index contributed by atoms with van der Waals surface area (Å²) in [5.41, 5.74) is 1.01. The average molecular weight is 225 g/mol. The Bertz CT molecular complexity index is 304. The monoisotopic (exact) mass is 225 g/mol. The summed E-state index contributed by atoms with van der Waals surface area (Å²) >= 11 is 0. The fourth-order valence-corrected chi connectivity index (χ4v) is 1.62. The maximum absolute atomic E-state index is 9.32. The molecule has 4 heteroatoms. The van der Waals surface area contributed by atoms with E-state index in [2.05, 4.69) is 0 Å². The molecular weight excluding hydrogens is 206 g/mol. The van der Waals surface area contributed by atoms with E-state index in [1.807, 2.05) is 11.0 Å². The van der Waals surface area contributed by atoms with E-state index in [-0.39, 0.29) is 19.0 Å². The molecule has 0 saturated carbocycles. The van der Waals surface area contributed by atoms with E-state index in [1.54, 1.807) is 18.2 Å². The lowest BCUT2D eigenvalue weighted by molar-refractivity contribution is 0.174. The second-order valence-corrected chi connectivity index (χ2v) is 3.75. The second-order valence-electron chi connectivity index (χ2n) is 3.75. The van der Waals surface area contributed by atoms with Crippen molar-refractivity contribution in [3.63, 3.8) is 0 Å². The molecule has 0 atom stereocenters. The summed E-state index contributed by atoms with van der Waals surface area (Å²) < 4.78 is 0. The normalized spacial score (nSPS) is 10.9. The van der Waals surface area contributed by atoms with Crippen LogP contribution < -0.4 is 0 Å². The minimum absolute atomic E-state index is 0.101. The summed E-state index contributed by atoms with van der Waals surface area (Å²) in [6.45, 7) is 2.25. The third-order valence-electron chi connectivity index (χ3n) is 2.37. The van der Waals surface area contributed by atoms with Crippen LogP contribution in [0.3, 0.4) is 0 Å². The van der Waals surface area contributed by atoms with E-state index in [0.29, 0.717) is 19.5 Å². The van der Waals surface area contributed by atoms with E-state index in [1.165, 1.54) is 0 Å². The van der Waals surface area contributed by atoms with Gasteiger partial charge in [0.15, 0.2) is 0 Å². The zero-order valence-electron chi connectivity index (χ0n) is 9.34. The molecular formula is C12H19NO3. The third kappa shape index (κ3) is 4.61. The molecule has 0 heterocycles. The maximum atomic E-state index is 9.32. The van der Waals surface area contributed by atoms with Crippen LogP contribution in [-0.4, -0.2) is 46.5 Å². The van der Waals surface area contributed by atoms with Gasteiger partial charge in [-0.3, -0.25) is 4.90 Å². The molecule has 1 rings (SSSR count). The molecule has 0 bridgehead atoms. The smallest absolute Gasteiger partial charge is 0.115 e. The first kappa shape index (κ1) is 13.0. The highest BCUT2D eigenvalue weighted by Crippen LogP contribution is 2.12. The molecule has 4 nitrogen and oxygen atoms in total. The highest BCUT2D eigenvalue weighted by atomic mass is 16.3. The molecule has 3 N–H and O–H groups in total. The van der Waals surface area contributed by atoms with Gasteiger partial charge in [0.2, 0.25) is 0 Å². The number of aliphatic hydroxyl groups excluding tert-OH is 2. The lowest BCUT2D eigenvalue weighted by atomic mass is 10.2. The van der Waals surface area contributed by atoms with Crippen molar-refractivity contribution in [2.75, 3.05) is 26.3 Å². The summed E-state index contributed by atoms with van der Waals surface area (Å²) in [6.07, 6.45) is 0.693. The Labute approximate surface area is 95.8 Å². The van der Waals surface area contributed by atoms with Gasteiger partial charge in [0.25, 0.3) is 0 Å². The first-order valence-corrected chi connectivity index (χ1v) is 5.48. The van der Waals surface area contributed by atoms with Gasteiger partial charge in [0.05, 0.1) is 6.61 Å². The molecule has 0 aliphatic carbocycles. The molecule has 1 aromatic rings. The van der Waals surface area contributed by atoms with E-state index in [4.69, 9.17) is 10.2 Å². The van der Waals surface area contributed by atoms with Gasteiger partial charge >= 0.3 is 0 Å². The van der Waals surface area contributed by atoms with Crippen LogP contribution in [0.4, 0.5) is 0 Å². The van der Waals surface area contributed by atoms with Gasteiger partial charge in [-0.1, -0.05) is 12.1 Å². The van der Waals surface area contributed by atoms with Gasteiger partial charge in [-0.15, -0.1) is 0 Å². The number of rotatable bonds is 7. The summed E-state index contributed by atoms with van der Waals surface area (Å²) in [4.78, 5) is 2.05. The molecule has 0 amide bonds. The largest absolute Gasteiger partial charge is 0.508 e. The highest BCUT2D eigenvalue weighted by Gasteiger charge is 2.05. The van der Waals surface area contributed by atoms with Crippen LogP contribution in [0.5, 0.6) is 5.75 Å². The fraction of sp³-hybridized carbons (Fsp3) is 0.500. The molecule has 16 heavy (non-hydrogen) atoms. The zero-order chi connectivity index (χ0) is 11.8. The first-order valence-electron chi connectivity index (χ1n) is 5.48. The highest BCUT2D eigenvalue weighted by molar-refractivity contribution is 5.26. The predicted octanol–water partition coefficient (Wildman–Crippen LogP) is 0.569. The lowest BCUT2D eigenvalue weighted by Gasteiger charge is -2.20. The van der Waals surface area contributed by atoms with E-state index in [0.717, 1.165) is 12.1 Å². The molecule has 90 valence electrons. The summed E-state index contributed by atoms with van der Waals surface area (Å²) in [5.74, 6) is 0.253. The van der Waals surface area contributed by atoms with Crippen LogP contribution in [0.15, 0.2) is 24.3 Å². The second kappa shape index (κ2) is 7.22. The Hall–Kier alpha value is -1.10. The molecule has 0 aliphatic heterocycles. The van der Waals surface area contributed by atoms with Crippen molar-refractivity contribution in [3.05, 3.63) is 29.8 Å². The number of nitrogens with zero attached hydrogens (tertiary/aromatic N) is 1. The summed E-state index contributed by atoms with van der Waals surface area (Å²) in [5, 5.41) is 27.0. The maximum Gasteiger partial charge on any atom is 0.115 e. The Balaban J connectivity index is 2.52. The topological polar surface area (TPSA) is 63.9 Å². The van der Waals surface area contributed by atoms with Crippen LogP contribution in [0.1, 0.15) is 12.0 Å². The number of hydrogen-bond acceptors (Lipinski definition) is 4. The number of hydrogen-bond donors (Lipinski definition) is 3. The van der Waals surface area contributed by atoms with E-state index < -0.39 is 0 Å². The zero-order valence-corrected chi connectivity index (χ0v) is 9.34. The average Bonchev–Trinajstić information content (AvgIpc) is 2.26. The molecule has 1 aromatic carbocycles. The van der Waals surface area contributed by atoms with Crippen LogP contribution >= 0.6 is 0 Å². The summed E-state index contributed by atoms with van der Waals surface area (Å²) in [6, 6.07) is 7.08. The van der Waals surface area contributed by atoms with E-state index >= 15 is 0 Å². The molecule has 0 unspecified atom stereocenters. The third-order valence-corrected chi connectivity index (χ3v) is 2.37. The molecule has 0 fully saturated rings. The Morgan fingerprint density at radius 1 is 1.06 bits per heavy atom. The van der Waals surface area contributed by atoms with Gasteiger partial charge in [-0.25, -0.2) is 0 Å². The van der Waals surface area contributed by atoms with Crippen LogP contribution in [0.25, 0.3) is 0 Å². The number of phenolic OH excluding ortho intramolecular Hbond substituents is 1. The number of benzene rings is 1. The first-order chi connectivity index (χ1) is 7.76. The SMILES string of the molecule is OCCCN(CCO)Cc1cccc(O)c1. The van der Waals surface area contributed by atoms with Gasteiger partial charge in [-0.2, -0.15) is 0 Å². The molecule has 0 spiro atoms.